The van der Waals surface area contributed by atoms with Crippen molar-refractivity contribution in [2.45, 2.75) is 25.9 Å². The zero-order valence-corrected chi connectivity index (χ0v) is 20.4. The number of carbonyl (C=O) groups excluding carboxylic acids is 2. The van der Waals surface area contributed by atoms with E-state index in [1.54, 1.807) is 62.6 Å². The average molecular weight is 478 g/mol. The van der Waals surface area contributed by atoms with Gasteiger partial charge in [-0.3, -0.25) is 13.9 Å². The zero-order chi connectivity index (χ0) is 24.6. The van der Waals surface area contributed by atoms with E-state index in [9.17, 15) is 18.0 Å². The number of ether oxygens (including phenoxy) is 2. The van der Waals surface area contributed by atoms with Crippen LogP contribution in [0.25, 0.3) is 0 Å². The van der Waals surface area contributed by atoms with Crippen LogP contribution in [0.15, 0.2) is 48.5 Å². The molecule has 0 radical (unpaired) electrons. The Balaban J connectivity index is 2.45. The van der Waals surface area contributed by atoms with Gasteiger partial charge in [0.2, 0.25) is 21.8 Å². The summed E-state index contributed by atoms with van der Waals surface area (Å²) in [5.74, 6) is 0.130. The molecule has 0 bridgehead atoms. The second-order valence-corrected chi connectivity index (χ2v) is 9.26. The number of hydrogen-bond acceptors (Lipinski definition) is 6. The molecular weight excluding hydrogens is 446 g/mol. The molecule has 0 unspecified atom stereocenters. The predicted molar refractivity (Wildman–Crippen MR) is 127 cm³/mol. The second kappa shape index (κ2) is 11.6. The summed E-state index contributed by atoms with van der Waals surface area (Å²) in [5.41, 5.74) is 1.02. The standard InChI is InChI=1S/C23H31N3O6S/c1-6-19(23(28)24-2)25(15-17-11-13-18(31-3)14-12-17)22(27)16-26(33(5,29)30)20-9-7-8-10-21(20)32-4/h7-14,19H,6,15-16H2,1-5H3,(H,24,28)/t19-/m1/s1. The van der Waals surface area contributed by atoms with Gasteiger partial charge >= 0.3 is 0 Å². The monoisotopic (exact) mass is 477 g/mol. The van der Waals surface area contributed by atoms with Crippen LogP contribution in [-0.4, -0.2) is 65.2 Å². The summed E-state index contributed by atoms with van der Waals surface area (Å²) in [6.07, 6.45) is 1.38. The summed E-state index contributed by atoms with van der Waals surface area (Å²) in [7, 11) is 0.651. The van der Waals surface area contributed by atoms with Gasteiger partial charge in [-0.25, -0.2) is 8.42 Å². The molecule has 0 aliphatic carbocycles. The molecule has 0 saturated heterocycles. The predicted octanol–water partition coefficient (Wildman–Crippen LogP) is 2.02. The molecule has 1 N–H and O–H groups in total. The molecule has 2 aromatic rings. The van der Waals surface area contributed by atoms with Crippen molar-refractivity contribution in [3.8, 4) is 11.5 Å². The van der Waals surface area contributed by atoms with E-state index in [0.717, 1.165) is 16.1 Å². The van der Waals surface area contributed by atoms with Crippen LogP contribution in [0.2, 0.25) is 0 Å². The Morgan fingerprint density at radius 1 is 1.03 bits per heavy atom. The first kappa shape index (κ1) is 26.0. The number of nitrogens with one attached hydrogen (secondary N) is 1. The molecule has 0 heterocycles. The van der Waals surface area contributed by atoms with Crippen LogP contribution >= 0.6 is 0 Å². The minimum atomic E-state index is -3.83. The summed E-state index contributed by atoms with van der Waals surface area (Å²) in [6.45, 7) is 1.43. The Morgan fingerprint density at radius 2 is 1.67 bits per heavy atom. The van der Waals surface area contributed by atoms with Crippen molar-refractivity contribution in [1.29, 1.82) is 0 Å². The molecule has 10 heteroatoms. The van der Waals surface area contributed by atoms with E-state index in [1.165, 1.54) is 19.1 Å². The highest BCUT2D eigenvalue weighted by atomic mass is 32.2. The maximum atomic E-state index is 13.5. The number of sulfonamides is 1. The molecule has 0 fully saturated rings. The van der Waals surface area contributed by atoms with Gasteiger partial charge in [0.25, 0.3) is 0 Å². The quantitative estimate of drug-likeness (QED) is 0.531. The molecule has 180 valence electrons. The van der Waals surface area contributed by atoms with Crippen LogP contribution in [-0.2, 0) is 26.2 Å². The highest BCUT2D eigenvalue weighted by Gasteiger charge is 2.32. The van der Waals surface area contributed by atoms with E-state index in [-0.39, 0.29) is 18.1 Å². The van der Waals surface area contributed by atoms with Gasteiger partial charge in [0, 0.05) is 13.6 Å². The molecule has 0 saturated carbocycles. The Hall–Kier alpha value is -3.27. The summed E-state index contributed by atoms with van der Waals surface area (Å²) in [5, 5.41) is 2.58. The lowest BCUT2D eigenvalue weighted by atomic mass is 10.1. The normalized spacial score (nSPS) is 11.9. The van der Waals surface area contributed by atoms with Gasteiger partial charge in [0.05, 0.1) is 26.2 Å². The third kappa shape index (κ3) is 6.61. The molecule has 2 amide bonds. The van der Waals surface area contributed by atoms with Crippen molar-refractivity contribution in [2.24, 2.45) is 0 Å². The molecule has 2 aromatic carbocycles. The van der Waals surface area contributed by atoms with Crippen LogP contribution in [0.3, 0.4) is 0 Å². The average Bonchev–Trinajstić information content (AvgIpc) is 2.81. The maximum absolute atomic E-state index is 13.5. The molecule has 2 rings (SSSR count). The number of methoxy groups -OCH3 is 2. The first-order chi connectivity index (χ1) is 15.7. The van der Waals surface area contributed by atoms with Gasteiger partial charge < -0.3 is 19.7 Å². The van der Waals surface area contributed by atoms with E-state index >= 15 is 0 Å². The minimum Gasteiger partial charge on any atom is -0.497 e. The highest BCUT2D eigenvalue weighted by molar-refractivity contribution is 7.92. The maximum Gasteiger partial charge on any atom is 0.244 e. The Morgan fingerprint density at radius 3 is 2.18 bits per heavy atom. The number of hydrogen-bond donors (Lipinski definition) is 1. The fourth-order valence-corrected chi connectivity index (χ4v) is 4.30. The van der Waals surface area contributed by atoms with E-state index in [2.05, 4.69) is 5.32 Å². The molecule has 1 atom stereocenters. The fraction of sp³-hybridized carbons (Fsp3) is 0.391. The second-order valence-electron chi connectivity index (χ2n) is 7.35. The van der Waals surface area contributed by atoms with E-state index in [4.69, 9.17) is 9.47 Å². The van der Waals surface area contributed by atoms with E-state index in [1.807, 2.05) is 0 Å². The topological polar surface area (TPSA) is 105 Å². The van der Waals surface area contributed by atoms with Crippen molar-refractivity contribution in [2.75, 3.05) is 38.4 Å². The van der Waals surface area contributed by atoms with Crippen LogP contribution in [0, 0.1) is 0 Å². The molecular formula is C23H31N3O6S. The van der Waals surface area contributed by atoms with Crippen molar-refractivity contribution in [3.05, 3.63) is 54.1 Å². The largest absolute Gasteiger partial charge is 0.497 e. The lowest BCUT2D eigenvalue weighted by Gasteiger charge is -2.32. The molecule has 0 aromatic heterocycles. The van der Waals surface area contributed by atoms with Gasteiger partial charge in [0.15, 0.2) is 0 Å². The van der Waals surface area contributed by atoms with Crippen molar-refractivity contribution in [3.63, 3.8) is 0 Å². The molecule has 0 aliphatic rings. The summed E-state index contributed by atoms with van der Waals surface area (Å²) in [6, 6.07) is 12.9. The highest BCUT2D eigenvalue weighted by Crippen LogP contribution is 2.29. The number of benzene rings is 2. The first-order valence-corrected chi connectivity index (χ1v) is 12.3. The van der Waals surface area contributed by atoms with Crippen molar-refractivity contribution < 1.29 is 27.5 Å². The fourth-order valence-electron chi connectivity index (χ4n) is 3.44. The van der Waals surface area contributed by atoms with Crippen LogP contribution in [0.5, 0.6) is 11.5 Å². The van der Waals surface area contributed by atoms with Gasteiger partial charge in [-0.15, -0.1) is 0 Å². The molecule has 33 heavy (non-hydrogen) atoms. The molecule has 0 aliphatic heterocycles. The zero-order valence-electron chi connectivity index (χ0n) is 19.6. The Kier molecular flexibility index (Phi) is 9.10. The van der Waals surface area contributed by atoms with Gasteiger partial charge in [-0.2, -0.15) is 0 Å². The van der Waals surface area contributed by atoms with Crippen LogP contribution < -0.4 is 19.1 Å². The number of likely N-dealkylation sites (N-methyl/N-ethyl adjacent to an activating group) is 1. The SMILES string of the molecule is CC[C@H](C(=O)NC)N(Cc1ccc(OC)cc1)C(=O)CN(c1ccccc1OC)S(C)(=O)=O. The van der Waals surface area contributed by atoms with Crippen molar-refractivity contribution in [1.82, 2.24) is 10.2 Å². The summed E-state index contributed by atoms with van der Waals surface area (Å²) in [4.78, 5) is 27.4. The first-order valence-electron chi connectivity index (χ1n) is 10.4. The van der Waals surface area contributed by atoms with E-state index in [0.29, 0.717) is 17.9 Å². The Bertz CT molecular complexity index is 1060. The van der Waals surface area contributed by atoms with Crippen LogP contribution in [0.4, 0.5) is 5.69 Å². The number of nitrogens with zero attached hydrogens (tertiary/aromatic N) is 2. The third-order valence-corrected chi connectivity index (χ3v) is 6.30. The number of rotatable bonds is 11. The lowest BCUT2D eigenvalue weighted by Crippen LogP contribution is -2.51. The van der Waals surface area contributed by atoms with Crippen LogP contribution in [0.1, 0.15) is 18.9 Å². The minimum absolute atomic E-state index is 0.123. The third-order valence-electron chi connectivity index (χ3n) is 5.18. The van der Waals surface area contributed by atoms with Gasteiger partial charge in [-0.05, 0) is 36.2 Å². The van der Waals surface area contributed by atoms with Gasteiger partial charge in [-0.1, -0.05) is 31.2 Å². The number of para-hydroxylation sites is 2. The summed E-state index contributed by atoms with van der Waals surface area (Å²) < 4.78 is 36.7. The van der Waals surface area contributed by atoms with Gasteiger partial charge in [0.1, 0.15) is 24.1 Å². The lowest BCUT2D eigenvalue weighted by molar-refractivity contribution is -0.140. The van der Waals surface area contributed by atoms with Crippen molar-refractivity contribution >= 4 is 27.5 Å². The number of amides is 2. The van der Waals surface area contributed by atoms with E-state index < -0.39 is 28.5 Å². The Labute approximate surface area is 195 Å². The number of carbonyl (C=O) groups is 2. The molecule has 0 spiro atoms. The summed E-state index contributed by atoms with van der Waals surface area (Å²) >= 11 is 0. The number of anilines is 1. The molecule has 9 nitrogen and oxygen atoms in total. The smallest absolute Gasteiger partial charge is 0.244 e.